The lowest BCUT2D eigenvalue weighted by Crippen LogP contribution is -2.53. The van der Waals surface area contributed by atoms with Crippen LogP contribution in [0.15, 0.2) is 34.8 Å². The fourth-order valence-electron chi connectivity index (χ4n) is 6.11. The molecule has 0 aromatic rings. The van der Waals surface area contributed by atoms with Gasteiger partial charge in [0.15, 0.2) is 5.78 Å². The minimum atomic E-state index is -1.34. The molecule has 0 unspecified atom stereocenters. The molecule has 134 valence electrons. The number of ketones is 2. The highest BCUT2D eigenvalue weighted by Gasteiger charge is 2.61. The van der Waals surface area contributed by atoms with Gasteiger partial charge in [-0.05, 0) is 48.8 Å². The lowest BCUT2D eigenvalue weighted by Gasteiger charge is -2.56. The summed E-state index contributed by atoms with van der Waals surface area (Å²) in [6.45, 7) is 7.87. The van der Waals surface area contributed by atoms with E-state index in [1.165, 1.54) is 11.8 Å². The zero-order valence-corrected chi connectivity index (χ0v) is 15.9. The number of allylic oxidation sites excluding steroid dienone is 5. The Morgan fingerprint density at radius 3 is 2.64 bits per heavy atom. The molecule has 0 aromatic carbocycles. The molecule has 4 rings (SSSR count). The molecular weight excluding hydrogens is 335 g/mol. The third kappa shape index (κ3) is 1.98. The van der Waals surface area contributed by atoms with Crippen molar-refractivity contribution >= 4 is 23.3 Å². The first-order valence-corrected chi connectivity index (χ1v) is 10.4. The first kappa shape index (κ1) is 17.3. The van der Waals surface area contributed by atoms with Gasteiger partial charge in [0, 0.05) is 22.8 Å². The van der Waals surface area contributed by atoms with Crippen LogP contribution in [0.4, 0.5) is 4.39 Å². The van der Waals surface area contributed by atoms with Gasteiger partial charge in [-0.2, -0.15) is 0 Å². The first-order chi connectivity index (χ1) is 11.8. The quantitative estimate of drug-likeness (QED) is 0.637. The van der Waals surface area contributed by atoms with Gasteiger partial charge in [-0.15, -0.1) is 11.8 Å². The molecule has 0 radical (unpaired) electrons. The number of hydrogen-bond acceptors (Lipinski definition) is 3. The van der Waals surface area contributed by atoms with Gasteiger partial charge >= 0.3 is 0 Å². The summed E-state index contributed by atoms with van der Waals surface area (Å²) in [5, 5.41) is 0. The van der Waals surface area contributed by atoms with Gasteiger partial charge < -0.3 is 0 Å². The molecule has 25 heavy (non-hydrogen) atoms. The van der Waals surface area contributed by atoms with E-state index in [-0.39, 0.29) is 28.6 Å². The van der Waals surface area contributed by atoms with E-state index in [0.717, 1.165) is 24.8 Å². The number of rotatable bonds is 1. The fourth-order valence-corrected chi connectivity index (χ4v) is 6.94. The number of thioether (sulfide) groups is 1. The zero-order valence-electron chi connectivity index (χ0n) is 15.1. The Labute approximate surface area is 153 Å². The smallest absolute Gasteiger partial charge is 0.197 e. The molecule has 2 saturated carbocycles. The number of halogens is 1. The van der Waals surface area contributed by atoms with Crippen LogP contribution < -0.4 is 0 Å². The van der Waals surface area contributed by atoms with E-state index in [0.29, 0.717) is 23.0 Å². The van der Waals surface area contributed by atoms with Crippen LogP contribution in [-0.2, 0) is 9.59 Å². The molecule has 0 aliphatic heterocycles. The van der Waals surface area contributed by atoms with E-state index in [4.69, 9.17) is 0 Å². The molecule has 0 heterocycles. The summed E-state index contributed by atoms with van der Waals surface area (Å²) in [7, 11) is 0. The predicted octanol–water partition coefficient (Wildman–Crippen LogP) is 4.67. The lowest BCUT2D eigenvalue weighted by molar-refractivity contribution is -0.130. The van der Waals surface area contributed by atoms with Crippen molar-refractivity contribution in [2.24, 2.45) is 28.6 Å². The summed E-state index contributed by atoms with van der Waals surface area (Å²) >= 11 is 1.40. The van der Waals surface area contributed by atoms with Gasteiger partial charge in [-0.25, -0.2) is 4.39 Å². The zero-order chi connectivity index (χ0) is 18.1. The molecule has 0 bridgehead atoms. The molecular formula is C21H25FO2S. The SMILES string of the molecule is C=C1C(=O)C(SC)=C2C=C[C@@H]3[C@H](CC[C@]4(C)C(=O)CC[C@@H]34)[C@@]2(C)[C@@H]1F. The first-order valence-electron chi connectivity index (χ1n) is 9.14. The highest BCUT2D eigenvalue weighted by molar-refractivity contribution is 8.03. The topological polar surface area (TPSA) is 34.1 Å². The Balaban J connectivity index is 1.87. The lowest BCUT2D eigenvalue weighted by atomic mass is 9.48. The number of alkyl halides is 1. The van der Waals surface area contributed by atoms with Crippen LogP contribution in [0.1, 0.15) is 39.5 Å². The van der Waals surface area contributed by atoms with Crippen molar-refractivity contribution in [1.29, 1.82) is 0 Å². The van der Waals surface area contributed by atoms with Crippen LogP contribution in [-0.4, -0.2) is 24.0 Å². The largest absolute Gasteiger partial charge is 0.299 e. The maximum atomic E-state index is 15.5. The van der Waals surface area contributed by atoms with Crippen LogP contribution in [0, 0.1) is 28.6 Å². The second-order valence-electron chi connectivity index (χ2n) is 8.51. The Morgan fingerprint density at radius 2 is 1.96 bits per heavy atom. The van der Waals surface area contributed by atoms with Gasteiger partial charge in [0.2, 0.25) is 0 Å². The highest BCUT2D eigenvalue weighted by Crippen LogP contribution is 2.64. The van der Waals surface area contributed by atoms with Gasteiger partial charge in [-0.1, -0.05) is 32.6 Å². The third-order valence-electron chi connectivity index (χ3n) is 7.66. The maximum absolute atomic E-state index is 15.5. The molecule has 4 aliphatic carbocycles. The van der Waals surface area contributed by atoms with Crippen LogP contribution in [0.3, 0.4) is 0 Å². The monoisotopic (exact) mass is 360 g/mol. The number of Topliss-reactive ketones (excluding diaryl/α,β-unsaturated/α-hetero) is 2. The van der Waals surface area contributed by atoms with Crippen molar-refractivity contribution in [2.45, 2.75) is 45.7 Å². The molecule has 4 aliphatic rings. The molecule has 0 saturated heterocycles. The molecule has 0 N–H and O–H groups in total. The summed E-state index contributed by atoms with van der Waals surface area (Å²) < 4.78 is 15.5. The van der Waals surface area contributed by atoms with Gasteiger partial charge in [0.1, 0.15) is 12.0 Å². The van der Waals surface area contributed by atoms with Gasteiger partial charge in [0.25, 0.3) is 0 Å². The van der Waals surface area contributed by atoms with E-state index < -0.39 is 11.6 Å². The number of carbonyl (C=O) groups is 2. The minimum absolute atomic E-state index is 0.0977. The van der Waals surface area contributed by atoms with E-state index in [1.807, 2.05) is 19.3 Å². The van der Waals surface area contributed by atoms with Crippen molar-refractivity contribution in [3.63, 3.8) is 0 Å². The second kappa shape index (κ2) is 5.42. The van der Waals surface area contributed by atoms with Crippen LogP contribution in [0.5, 0.6) is 0 Å². The average molecular weight is 360 g/mol. The number of carbonyl (C=O) groups excluding carboxylic acids is 2. The van der Waals surface area contributed by atoms with Crippen LogP contribution in [0.25, 0.3) is 0 Å². The van der Waals surface area contributed by atoms with E-state index >= 15 is 4.39 Å². The van der Waals surface area contributed by atoms with Gasteiger partial charge in [-0.3, -0.25) is 9.59 Å². The molecule has 0 amide bonds. The molecule has 6 atom stereocenters. The summed E-state index contributed by atoms with van der Waals surface area (Å²) in [5.74, 6) is 0.761. The van der Waals surface area contributed by atoms with Crippen molar-refractivity contribution in [3.8, 4) is 0 Å². The summed E-state index contributed by atoms with van der Waals surface area (Å²) in [4.78, 5) is 25.6. The third-order valence-corrected chi connectivity index (χ3v) is 8.47. The Kier molecular flexibility index (Phi) is 3.74. The fraction of sp³-hybridized carbons (Fsp3) is 0.619. The van der Waals surface area contributed by atoms with Crippen molar-refractivity contribution in [2.75, 3.05) is 6.26 Å². The predicted molar refractivity (Wildman–Crippen MR) is 98.9 cm³/mol. The normalized spacial score (nSPS) is 46.2. The number of fused-ring (bicyclic) bond motifs is 5. The summed E-state index contributed by atoms with van der Waals surface area (Å²) in [6, 6.07) is 0. The molecule has 0 aromatic heterocycles. The highest BCUT2D eigenvalue weighted by atomic mass is 32.2. The molecule has 4 heteroatoms. The van der Waals surface area contributed by atoms with Crippen LogP contribution in [0.2, 0.25) is 0 Å². The van der Waals surface area contributed by atoms with E-state index in [9.17, 15) is 9.59 Å². The standard InChI is InChI=1S/C21H25FO2S/c1-11-17(24)18(25-4)15-6-5-12-13-7-8-16(23)20(13,2)10-9-14(12)21(15,3)19(11)22/h5-6,12-14,19H,1,7-10H2,2-4H3/t12-,13-,14-,19+,20-,21+/m0/s1. The Hall–Kier alpha value is -1.16. The second-order valence-corrected chi connectivity index (χ2v) is 9.33. The van der Waals surface area contributed by atoms with E-state index in [2.05, 4.69) is 19.6 Å². The molecule has 0 spiro atoms. The van der Waals surface area contributed by atoms with E-state index in [1.54, 1.807) is 0 Å². The number of hydrogen-bond donors (Lipinski definition) is 0. The maximum Gasteiger partial charge on any atom is 0.197 e. The Bertz CT molecular complexity index is 751. The minimum Gasteiger partial charge on any atom is -0.299 e. The average Bonchev–Trinajstić information content (AvgIpc) is 2.90. The van der Waals surface area contributed by atoms with Crippen LogP contribution >= 0.6 is 11.8 Å². The summed E-state index contributed by atoms with van der Waals surface area (Å²) in [6.07, 6.45) is 7.91. The summed E-state index contributed by atoms with van der Waals surface area (Å²) in [5.41, 5.74) is -0.0198. The molecule has 2 fully saturated rings. The van der Waals surface area contributed by atoms with Crippen molar-refractivity contribution in [3.05, 3.63) is 34.8 Å². The van der Waals surface area contributed by atoms with Crippen molar-refractivity contribution < 1.29 is 14.0 Å². The Morgan fingerprint density at radius 1 is 1.24 bits per heavy atom. The molecule has 2 nitrogen and oxygen atoms in total. The van der Waals surface area contributed by atoms with Gasteiger partial charge in [0.05, 0.1) is 4.91 Å². The van der Waals surface area contributed by atoms with Crippen molar-refractivity contribution in [1.82, 2.24) is 0 Å².